The zero-order chi connectivity index (χ0) is 14.3. The molecule has 106 valence electrons. The smallest absolute Gasteiger partial charge is 0.323 e. The van der Waals surface area contributed by atoms with Gasteiger partial charge in [0.05, 0.1) is 14.2 Å². The number of carbonyl (C=O) groups excluding carboxylic acids is 2. The van der Waals surface area contributed by atoms with Crippen molar-refractivity contribution in [2.75, 3.05) is 20.0 Å². The van der Waals surface area contributed by atoms with E-state index >= 15 is 0 Å². The summed E-state index contributed by atoms with van der Waals surface area (Å²) in [6.07, 6.45) is 0.285. The van der Waals surface area contributed by atoms with Crippen LogP contribution in [0.25, 0.3) is 0 Å². The van der Waals surface area contributed by atoms with E-state index in [1.54, 1.807) is 0 Å². The van der Waals surface area contributed by atoms with Gasteiger partial charge in [0.25, 0.3) is 0 Å². The molecule has 0 saturated heterocycles. The quantitative estimate of drug-likeness (QED) is 0.641. The molecule has 0 rings (SSSR count). The van der Waals surface area contributed by atoms with Crippen molar-refractivity contribution in [3.63, 3.8) is 0 Å². The lowest BCUT2D eigenvalue weighted by atomic mass is 10.1. The van der Waals surface area contributed by atoms with Gasteiger partial charge in [-0.2, -0.15) is 0 Å². The molecule has 18 heavy (non-hydrogen) atoms. The molecule has 0 aromatic carbocycles. The summed E-state index contributed by atoms with van der Waals surface area (Å²) in [5, 5.41) is 0. The number of sulfonamides is 1. The average molecular weight is 281 g/mol. The number of hydrogen-bond acceptors (Lipinski definition) is 6. The number of carbonyl (C=O) groups is 2. The highest BCUT2D eigenvalue weighted by Gasteiger charge is 2.27. The van der Waals surface area contributed by atoms with Crippen LogP contribution in [-0.4, -0.2) is 46.4 Å². The molecular weight excluding hydrogens is 262 g/mol. The molecule has 7 nitrogen and oxygen atoms in total. The third-order valence-corrected chi connectivity index (χ3v) is 3.31. The van der Waals surface area contributed by atoms with E-state index in [1.165, 1.54) is 7.11 Å². The van der Waals surface area contributed by atoms with Gasteiger partial charge < -0.3 is 9.47 Å². The molecule has 1 atom stereocenters. The summed E-state index contributed by atoms with van der Waals surface area (Å²) in [5.41, 5.74) is 0. The maximum atomic E-state index is 11.6. The van der Waals surface area contributed by atoms with Crippen LogP contribution in [0.3, 0.4) is 0 Å². The first-order chi connectivity index (χ1) is 8.21. The fraction of sp³-hybridized carbons (Fsp3) is 0.800. The summed E-state index contributed by atoms with van der Waals surface area (Å²) in [5.74, 6) is -2.31. The molecule has 0 aliphatic carbocycles. The van der Waals surface area contributed by atoms with Crippen LogP contribution in [0.15, 0.2) is 0 Å². The van der Waals surface area contributed by atoms with Gasteiger partial charge in [0, 0.05) is 0 Å². The van der Waals surface area contributed by atoms with Gasteiger partial charge in [0.1, 0.15) is 6.04 Å². The summed E-state index contributed by atoms with van der Waals surface area (Å²) < 4.78 is 34.1. The molecule has 8 heteroatoms. The minimum atomic E-state index is -3.92. The summed E-state index contributed by atoms with van der Waals surface area (Å²) in [7, 11) is -1.66. The fourth-order valence-electron chi connectivity index (χ4n) is 1.28. The predicted octanol–water partition coefficient (Wildman–Crippen LogP) is -0.333. The lowest BCUT2D eigenvalue weighted by Crippen LogP contribution is -2.44. The van der Waals surface area contributed by atoms with E-state index in [2.05, 4.69) is 14.2 Å². The zero-order valence-electron chi connectivity index (χ0n) is 10.9. The number of methoxy groups -OCH3 is 2. The van der Waals surface area contributed by atoms with Gasteiger partial charge >= 0.3 is 11.9 Å². The molecular formula is C10H19NO6S. The van der Waals surface area contributed by atoms with Crippen LogP contribution in [0.5, 0.6) is 0 Å². The van der Waals surface area contributed by atoms with Gasteiger partial charge in [-0.3, -0.25) is 9.59 Å². The molecule has 0 spiro atoms. The summed E-state index contributed by atoms with van der Waals surface area (Å²) in [6.45, 7) is 3.68. The second kappa shape index (κ2) is 7.32. The molecule has 1 N–H and O–H groups in total. The molecule has 1 unspecified atom stereocenters. The molecule has 0 fully saturated rings. The van der Waals surface area contributed by atoms with Crippen molar-refractivity contribution >= 4 is 22.0 Å². The van der Waals surface area contributed by atoms with Gasteiger partial charge in [-0.15, -0.1) is 0 Å². The highest BCUT2D eigenvalue weighted by Crippen LogP contribution is 2.07. The Labute approximate surface area is 107 Å². The lowest BCUT2D eigenvalue weighted by Gasteiger charge is -2.17. The fourth-order valence-corrected chi connectivity index (χ4v) is 2.42. The lowest BCUT2D eigenvalue weighted by molar-refractivity contribution is -0.143. The second-order valence-electron chi connectivity index (χ2n) is 4.16. The maximum Gasteiger partial charge on any atom is 0.323 e. The summed E-state index contributed by atoms with van der Waals surface area (Å²) in [4.78, 5) is 22.3. The van der Waals surface area contributed by atoms with E-state index in [1.807, 2.05) is 13.8 Å². The molecule has 0 saturated carbocycles. The number of nitrogens with one attached hydrogen (secondary N) is 1. The van der Waals surface area contributed by atoms with Crippen molar-refractivity contribution in [2.45, 2.75) is 26.3 Å². The van der Waals surface area contributed by atoms with E-state index in [-0.39, 0.29) is 12.3 Å². The molecule has 0 aromatic rings. The number of rotatable bonds is 7. The van der Waals surface area contributed by atoms with Crippen LogP contribution < -0.4 is 4.72 Å². The van der Waals surface area contributed by atoms with Crippen LogP contribution in [0.4, 0.5) is 0 Å². The predicted molar refractivity (Wildman–Crippen MR) is 64.2 cm³/mol. The normalized spacial score (nSPS) is 13.2. The van der Waals surface area contributed by atoms with Crippen molar-refractivity contribution in [3.05, 3.63) is 0 Å². The Morgan fingerprint density at radius 1 is 1.17 bits per heavy atom. The van der Waals surface area contributed by atoms with Crippen LogP contribution in [0.2, 0.25) is 0 Å². The van der Waals surface area contributed by atoms with E-state index in [0.29, 0.717) is 0 Å². The zero-order valence-corrected chi connectivity index (χ0v) is 11.7. The van der Waals surface area contributed by atoms with Gasteiger partial charge in [-0.05, 0) is 12.3 Å². The maximum absolute atomic E-state index is 11.6. The SMILES string of the molecule is COC(=O)CS(=O)(=O)NC(CC(C)C)C(=O)OC. The highest BCUT2D eigenvalue weighted by atomic mass is 32.2. The van der Waals surface area contributed by atoms with Crippen LogP contribution >= 0.6 is 0 Å². The molecule has 0 heterocycles. The first-order valence-corrected chi connectivity index (χ1v) is 7.01. The van der Waals surface area contributed by atoms with Crippen molar-refractivity contribution in [1.82, 2.24) is 4.72 Å². The highest BCUT2D eigenvalue weighted by molar-refractivity contribution is 7.90. The Bertz CT molecular complexity index is 389. The van der Waals surface area contributed by atoms with E-state index in [4.69, 9.17) is 0 Å². The third kappa shape index (κ3) is 6.55. The van der Waals surface area contributed by atoms with Crippen molar-refractivity contribution in [3.8, 4) is 0 Å². The average Bonchev–Trinajstić information content (AvgIpc) is 2.25. The Hall–Kier alpha value is -1.15. The third-order valence-electron chi connectivity index (χ3n) is 2.05. The number of hydrogen-bond donors (Lipinski definition) is 1. The van der Waals surface area contributed by atoms with E-state index in [0.717, 1.165) is 7.11 Å². The molecule has 0 radical (unpaired) electrons. The van der Waals surface area contributed by atoms with Crippen molar-refractivity contribution < 1.29 is 27.5 Å². The molecule has 0 aliphatic heterocycles. The van der Waals surface area contributed by atoms with Crippen LogP contribution in [0, 0.1) is 5.92 Å². The van der Waals surface area contributed by atoms with Gasteiger partial charge in [-0.25, -0.2) is 13.1 Å². The first kappa shape index (κ1) is 16.9. The van der Waals surface area contributed by atoms with Crippen molar-refractivity contribution in [2.24, 2.45) is 5.92 Å². The summed E-state index contributed by atoms with van der Waals surface area (Å²) in [6, 6.07) is -0.996. The van der Waals surface area contributed by atoms with Gasteiger partial charge in [0.15, 0.2) is 5.75 Å². The van der Waals surface area contributed by atoms with Crippen molar-refractivity contribution in [1.29, 1.82) is 0 Å². The van der Waals surface area contributed by atoms with Gasteiger partial charge in [0.2, 0.25) is 10.0 Å². The Kier molecular flexibility index (Phi) is 6.85. The van der Waals surface area contributed by atoms with Crippen LogP contribution in [0.1, 0.15) is 20.3 Å². The number of ether oxygens (including phenoxy) is 2. The number of esters is 2. The topological polar surface area (TPSA) is 98.8 Å². The van der Waals surface area contributed by atoms with E-state index in [9.17, 15) is 18.0 Å². The summed E-state index contributed by atoms with van der Waals surface area (Å²) >= 11 is 0. The Morgan fingerprint density at radius 2 is 1.72 bits per heavy atom. The second-order valence-corrected chi connectivity index (χ2v) is 5.91. The standard InChI is InChI=1S/C10H19NO6S/c1-7(2)5-8(10(13)17-4)11-18(14,15)6-9(12)16-3/h7-8,11H,5-6H2,1-4H3. The Balaban J connectivity index is 4.75. The first-order valence-electron chi connectivity index (χ1n) is 5.36. The molecule has 0 bridgehead atoms. The van der Waals surface area contributed by atoms with E-state index < -0.39 is 33.8 Å². The Morgan fingerprint density at radius 3 is 2.11 bits per heavy atom. The largest absolute Gasteiger partial charge is 0.468 e. The van der Waals surface area contributed by atoms with Gasteiger partial charge in [-0.1, -0.05) is 13.8 Å². The molecule has 0 aromatic heterocycles. The minimum absolute atomic E-state index is 0.0925. The molecule has 0 aliphatic rings. The van der Waals surface area contributed by atoms with Crippen LogP contribution in [-0.2, 0) is 29.1 Å². The molecule has 0 amide bonds. The monoisotopic (exact) mass is 281 g/mol. The minimum Gasteiger partial charge on any atom is -0.468 e.